The third-order valence-corrected chi connectivity index (χ3v) is 2.94. The predicted molar refractivity (Wildman–Crippen MR) is 84.5 cm³/mol. The van der Waals surface area contributed by atoms with Gasteiger partial charge in [0.25, 0.3) is 0 Å². The van der Waals surface area contributed by atoms with Crippen molar-refractivity contribution in [2.75, 3.05) is 5.32 Å². The highest BCUT2D eigenvalue weighted by Gasteiger charge is 2.05. The molecule has 5 nitrogen and oxygen atoms in total. The number of amides is 2. The van der Waals surface area contributed by atoms with Gasteiger partial charge in [-0.05, 0) is 36.2 Å². The van der Waals surface area contributed by atoms with Gasteiger partial charge in [0, 0.05) is 17.8 Å². The lowest BCUT2D eigenvalue weighted by Crippen LogP contribution is -2.28. The predicted octanol–water partition coefficient (Wildman–Crippen LogP) is 2.60. The van der Waals surface area contributed by atoms with Gasteiger partial charge in [-0.3, -0.25) is 5.41 Å². The van der Waals surface area contributed by atoms with Crippen LogP contribution in [0.1, 0.15) is 16.7 Å². The van der Waals surface area contributed by atoms with E-state index in [0.717, 1.165) is 11.1 Å². The Morgan fingerprint density at radius 2 is 1.90 bits per heavy atom. The first-order valence-electron chi connectivity index (χ1n) is 6.59. The zero-order valence-electron chi connectivity index (χ0n) is 11.8. The fourth-order valence-corrected chi connectivity index (χ4v) is 1.96. The van der Waals surface area contributed by atoms with Gasteiger partial charge < -0.3 is 16.4 Å². The average molecular weight is 282 g/mol. The van der Waals surface area contributed by atoms with Crippen molar-refractivity contribution in [2.24, 2.45) is 5.73 Å². The molecular weight excluding hydrogens is 264 g/mol. The highest BCUT2D eigenvalue weighted by atomic mass is 16.2. The van der Waals surface area contributed by atoms with Gasteiger partial charge in [0.15, 0.2) is 0 Å². The molecule has 108 valence electrons. The number of carbonyl (C=O) groups excluding carboxylic acids is 1. The number of nitrogens with one attached hydrogen (secondary N) is 3. The Bertz CT molecular complexity index is 653. The normalized spacial score (nSPS) is 9.95. The molecule has 0 aliphatic heterocycles. The molecule has 0 unspecified atom stereocenters. The number of nitrogen functional groups attached to an aromatic ring is 1. The first-order valence-corrected chi connectivity index (χ1v) is 6.59. The van der Waals surface area contributed by atoms with Crippen molar-refractivity contribution in [2.45, 2.75) is 13.5 Å². The van der Waals surface area contributed by atoms with Gasteiger partial charge in [0.05, 0.1) is 0 Å². The number of hydrogen-bond donors (Lipinski definition) is 4. The second-order valence-electron chi connectivity index (χ2n) is 4.79. The molecule has 0 bridgehead atoms. The molecule has 21 heavy (non-hydrogen) atoms. The van der Waals surface area contributed by atoms with Crippen LogP contribution in [0.4, 0.5) is 10.5 Å². The largest absolute Gasteiger partial charge is 0.384 e. The van der Waals surface area contributed by atoms with Crippen LogP contribution in [0.25, 0.3) is 0 Å². The van der Waals surface area contributed by atoms with Crippen molar-refractivity contribution in [3.63, 3.8) is 0 Å². The highest BCUT2D eigenvalue weighted by Crippen LogP contribution is 2.14. The van der Waals surface area contributed by atoms with Gasteiger partial charge >= 0.3 is 6.03 Å². The topological polar surface area (TPSA) is 91.0 Å². The van der Waals surface area contributed by atoms with Crippen LogP contribution in [0.5, 0.6) is 0 Å². The van der Waals surface area contributed by atoms with Crippen LogP contribution in [-0.2, 0) is 6.54 Å². The molecule has 0 radical (unpaired) electrons. The van der Waals surface area contributed by atoms with Crippen LogP contribution < -0.4 is 16.4 Å². The van der Waals surface area contributed by atoms with Gasteiger partial charge in [-0.2, -0.15) is 0 Å². The number of anilines is 1. The zero-order valence-corrected chi connectivity index (χ0v) is 11.8. The van der Waals surface area contributed by atoms with E-state index in [1.54, 1.807) is 12.1 Å². The zero-order chi connectivity index (χ0) is 15.2. The Morgan fingerprint density at radius 3 is 2.57 bits per heavy atom. The van der Waals surface area contributed by atoms with E-state index < -0.39 is 0 Å². The molecule has 0 saturated carbocycles. The van der Waals surface area contributed by atoms with Gasteiger partial charge in [0.1, 0.15) is 5.84 Å². The van der Waals surface area contributed by atoms with E-state index >= 15 is 0 Å². The molecule has 0 aromatic heterocycles. The lowest BCUT2D eigenvalue weighted by Gasteiger charge is -2.10. The van der Waals surface area contributed by atoms with Gasteiger partial charge in [-0.1, -0.05) is 30.3 Å². The molecule has 0 atom stereocenters. The minimum atomic E-state index is -0.293. The molecule has 5 N–H and O–H groups in total. The maximum Gasteiger partial charge on any atom is 0.319 e. The van der Waals surface area contributed by atoms with E-state index in [-0.39, 0.29) is 11.9 Å². The van der Waals surface area contributed by atoms with E-state index in [4.69, 9.17) is 11.1 Å². The molecule has 0 saturated heterocycles. The fraction of sp³-hybridized carbons (Fsp3) is 0.125. The molecule has 2 rings (SSSR count). The van der Waals surface area contributed by atoms with Crippen molar-refractivity contribution in [3.05, 3.63) is 65.2 Å². The fourth-order valence-electron chi connectivity index (χ4n) is 1.96. The third kappa shape index (κ3) is 4.35. The van der Waals surface area contributed by atoms with E-state index in [2.05, 4.69) is 10.6 Å². The van der Waals surface area contributed by atoms with E-state index in [9.17, 15) is 4.79 Å². The lowest BCUT2D eigenvalue weighted by atomic mass is 10.1. The molecule has 0 heterocycles. The first kappa shape index (κ1) is 14.6. The third-order valence-electron chi connectivity index (χ3n) is 2.94. The molecule has 5 heteroatoms. The number of rotatable bonds is 4. The number of hydrogen-bond acceptors (Lipinski definition) is 2. The maximum absolute atomic E-state index is 11.9. The number of benzene rings is 2. The molecule has 2 amide bonds. The lowest BCUT2D eigenvalue weighted by molar-refractivity contribution is 0.251. The van der Waals surface area contributed by atoms with E-state index in [1.165, 1.54) is 0 Å². The number of amidine groups is 1. The smallest absolute Gasteiger partial charge is 0.319 e. The van der Waals surface area contributed by atoms with Gasteiger partial charge in [-0.15, -0.1) is 0 Å². The standard InChI is InChI=1S/C16H18N4O/c1-11-7-13(15(17)18)9-14(8-11)20-16(21)19-10-12-5-3-2-4-6-12/h2-9H,10H2,1H3,(H3,17,18)(H2,19,20,21). The summed E-state index contributed by atoms with van der Waals surface area (Å²) < 4.78 is 0. The van der Waals surface area contributed by atoms with Crippen LogP contribution in [0.3, 0.4) is 0 Å². The van der Waals surface area contributed by atoms with Crippen molar-refractivity contribution in [3.8, 4) is 0 Å². The second-order valence-corrected chi connectivity index (χ2v) is 4.79. The van der Waals surface area contributed by atoms with Crippen LogP contribution >= 0.6 is 0 Å². The average Bonchev–Trinajstić information content (AvgIpc) is 2.45. The van der Waals surface area contributed by atoms with Crippen molar-refractivity contribution >= 4 is 17.6 Å². The maximum atomic E-state index is 11.9. The number of carbonyl (C=O) groups is 1. The summed E-state index contributed by atoms with van der Waals surface area (Å²) in [6.07, 6.45) is 0. The molecule has 0 aliphatic carbocycles. The summed E-state index contributed by atoms with van der Waals surface area (Å²) in [6, 6.07) is 14.7. The quantitative estimate of drug-likeness (QED) is 0.513. The summed E-state index contributed by atoms with van der Waals surface area (Å²) in [5.41, 5.74) is 8.64. The van der Waals surface area contributed by atoms with E-state index in [1.807, 2.05) is 43.3 Å². The summed E-state index contributed by atoms with van der Waals surface area (Å²) in [6.45, 7) is 2.34. The number of urea groups is 1. The van der Waals surface area contributed by atoms with Crippen LogP contribution in [-0.4, -0.2) is 11.9 Å². The monoisotopic (exact) mass is 282 g/mol. The Balaban J connectivity index is 1.98. The Hall–Kier alpha value is -2.82. The van der Waals surface area contributed by atoms with Crippen LogP contribution in [0, 0.1) is 12.3 Å². The molecule has 0 spiro atoms. The molecule has 0 aliphatic rings. The molecular formula is C16H18N4O. The first-order chi connectivity index (χ1) is 10.0. The minimum Gasteiger partial charge on any atom is -0.384 e. The number of nitrogens with two attached hydrogens (primary N) is 1. The number of aryl methyl sites for hydroxylation is 1. The van der Waals surface area contributed by atoms with Crippen molar-refractivity contribution in [1.29, 1.82) is 5.41 Å². The Kier molecular flexibility index (Phi) is 4.56. The van der Waals surface area contributed by atoms with Crippen molar-refractivity contribution < 1.29 is 4.79 Å². The van der Waals surface area contributed by atoms with Crippen molar-refractivity contribution in [1.82, 2.24) is 5.32 Å². The second kappa shape index (κ2) is 6.56. The van der Waals surface area contributed by atoms with Gasteiger partial charge in [-0.25, -0.2) is 4.79 Å². The molecule has 2 aromatic rings. The SMILES string of the molecule is Cc1cc(NC(=O)NCc2ccccc2)cc(C(=N)N)c1. The van der Waals surface area contributed by atoms with Crippen LogP contribution in [0.2, 0.25) is 0 Å². The summed E-state index contributed by atoms with van der Waals surface area (Å²) in [7, 11) is 0. The Morgan fingerprint density at radius 1 is 1.19 bits per heavy atom. The molecule has 0 fully saturated rings. The molecule has 2 aromatic carbocycles. The summed E-state index contributed by atoms with van der Waals surface area (Å²) >= 11 is 0. The van der Waals surface area contributed by atoms with Gasteiger partial charge in [0.2, 0.25) is 0 Å². The van der Waals surface area contributed by atoms with E-state index in [0.29, 0.717) is 17.8 Å². The van der Waals surface area contributed by atoms with Crippen LogP contribution in [0.15, 0.2) is 48.5 Å². The minimum absolute atomic E-state index is 0.0218. The summed E-state index contributed by atoms with van der Waals surface area (Å²) in [5, 5.41) is 13.0. The summed E-state index contributed by atoms with van der Waals surface area (Å²) in [4.78, 5) is 11.9. The summed E-state index contributed by atoms with van der Waals surface area (Å²) in [5.74, 6) is -0.0218. The highest BCUT2D eigenvalue weighted by molar-refractivity contribution is 5.97. The Labute approximate surface area is 123 Å².